The molecule has 3 heteroatoms. The second-order valence-corrected chi connectivity index (χ2v) is 7.50. The van der Waals surface area contributed by atoms with E-state index in [0.29, 0.717) is 0 Å². The summed E-state index contributed by atoms with van der Waals surface area (Å²) in [5.41, 5.74) is 9.39. The second-order valence-electron chi connectivity index (χ2n) is 7.50. The van der Waals surface area contributed by atoms with Crippen LogP contribution in [-0.2, 0) is 11.3 Å². The average Bonchev–Trinajstić information content (AvgIpc) is 3.01. The minimum absolute atomic E-state index is 0.137. The number of hydrogen-bond donors (Lipinski definition) is 1. The molecule has 3 nitrogen and oxygen atoms in total. The normalized spacial score (nSPS) is 16.5. The predicted octanol–water partition coefficient (Wildman–Crippen LogP) is 4.86. The Hall–Kier alpha value is -2.29. The Kier molecular flexibility index (Phi) is 5.65. The molecule has 1 amide bonds. The molecule has 0 aliphatic carbocycles. The lowest BCUT2D eigenvalue weighted by atomic mass is 9.66. The van der Waals surface area contributed by atoms with Gasteiger partial charge in [-0.25, -0.2) is 0 Å². The van der Waals surface area contributed by atoms with Gasteiger partial charge in [0.05, 0.1) is 5.41 Å². The van der Waals surface area contributed by atoms with E-state index in [1.807, 2.05) is 6.07 Å². The number of hydrogen-bond acceptors (Lipinski definition) is 2. The van der Waals surface area contributed by atoms with Crippen molar-refractivity contribution in [1.82, 2.24) is 0 Å². The number of carbonyl (C=O) groups excluding carboxylic acids is 1. The number of primary amides is 1. The standard InChI is InChI=1S/C23H30N2O/c1-3-14-23(15-4-2,22(24)26)20-17-25(16-18-10-6-5-7-11-18)21-13-9-8-12-19(20)21/h5-13,20H,3-4,14-17H2,1-2H3,(H2,24,26). The maximum absolute atomic E-state index is 12.7. The lowest BCUT2D eigenvalue weighted by Crippen LogP contribution is -2.43. The molecule has 1 unspecified atom stereocenters. The van der Waals surface area contributed by atoms with Crippen LogP contribution >= 0.6 is 0 Å². The number of anilines is 1. The van der Waals surface area contributed by atoms with Gasteiger partial charge in [-0.05, 0) is 30.0 Å². The van der Waals surface area contributed by atoms with Gasteiger partial charge in [-0.3, -0.25) is 4.79 Å². The van der Waals surface area contributed by atoms with Gasteiger partial charge in [0, 0.05) is 24.7 Å². The Labute approximate surface area is 157 Å². The van der Waals surface area contributed by atoms with Crippen molar-refractivity contribution >= 4 is 11.6 Å². The average molecular weight is 351 g/mol. The smallest absolute Gasteiger partial charge is 0.224 e. The van der Waals surface area contributed by atoms with E-state index in [-0.39, 0.29) is 11.8 Å². The molecule has 2 aromatic rings. The Morgan fingerprint density at radius 3 is 2.27 bits per heavy atom. The van der Waals surface area contributed by atoms with E-state index < -0.39 is 5.41 Å². The summed E-state index contributed by atoms with van der Waals surface area (Å²) in [7, 11) is 0. The number of carbonyl (C=O) groups is 1. The fourth-order valence-electron chi connectivity index (χ4n) is 4.70. The Balaban J connectivity index is 1.99. The molecule has 26 heavy (non-hydrogen) atoms. The predicted molar refractivity (Wildman–Crippen MR) is 108 cm³/mol. The largest absolute Gasteiger partial charge is 0.369 e. The van der Waals surface area contributed by atoms with E-state index in [0.717, 1.165) is 38.8 Å². The summed E-state index contributed by atoms with van der Waals surface area (Å²) in [5.74, 6) is 0.0300. The lowest BCUT2D eigenvalue weighted by molar-refractivity contribution is -0.130. The van der Waals surface area contributed by atoms with Gasteiger partial charge in [-0.2, -0.15) is 0 Å². The summed E-state index contributed by atoms with van der Waals surface area (Å²) in [6.07, 6.45) is 3.66. The summed E-state index contributed by atoms with van der Waals surface area (Å²) in [6.45, 7) is 6.02. The molecule has 0 radical (unpaired) electrons. The van der Waals surface area contributed by atoms with E-state index in [4.69, 9.17) is 5.73 Å². The second kappa shape index (κ2) is 7.94. The highest BCUT2D eigenvalue weighted by atomic mass is 16.1. The van der Waals surface area contributed by atoms with Crippen molar-refractivity contribution in [3.63, 3.8) is 0 Å². The molecule has 2 aromatic carbocycles. The molecule has 0 spiro atoms. The van der Waals surface area contributed by atoms with Gasteiger partial charge in [0.25, 0.3) is 0 Å². The fraction of sp³-hybridized carbons (Fsp3) is 0.435. The van der Waals surface area contributed by atoms with Crippen LogP contribution in [-0.4, -0.2) is 12.5 Å². The molecule has 1 heterocycles. The monoisotopic (exact) mass is 350 g/mol. The molecule has 2 N–H and O–H groups in total. The van der Waals surface area contributed by atoms with E-state index in [9.17, 15) is 4.79 Å². The van der Waals surface area contributed by atoms with E-state index in [1.54, 1.807) is 0 Å². The first kappa shape index (κ1) is 18.5. The van der Waals surface area contributed by atoms with Crippen LogP contribution < -0.4 is 10.6 Å². The highest BCUT2D eigenvalue weighted by Crippen LogP contribution is 2.51. The molecular formula is C23H30N2O. The van der Waals surface area contributed by atoms with E-state index in [2.05, 4.69) is 67.3 Å². The van der Waals surface area contributed by atoms with Crippen LogP contribution in [0.25, 0.3) is 0 Å². The number of nitrogens with two attached hydrogens (primary N) is 1. The summed E-state index contributed by atoms with van der Waals surface area (Å²) < 4.78 is 0. The SMILES string of the molecule is CCCC(CCC)(C(N)=O)C1CN(Cc2ccccc2)c2ccccc21. The van der Waals surface area contributed by atoms with Crippen LogP contribution in [0.3, 0.4) is 0 Å². The zero-order valence-corrected chi connectivity index (χ0v) is 15.9. The first-order valence-corrected chi connectivity index (χ1v) is 9.80. The third kappa shape index (κ3) is 3.35. The molecule has 1 aliphatic rings. The van der Waals surface area contributed by atoms with Gasteiger partial charge in [0.15, 0.2) is 0 Å². The maximum atomic E-state index is 12.7. The fourth-order valence-corrected chi connectivity index (χ4v) is 4.70. The first-order valence-electron chi connectivity index (χ1n) is 9.80. The molecule has 1 aliphatic heterocycles. The van der Waals surface area contributed by atoms with E-state index in [1.165, 1.54) is 16.8 Å². The maximum Gasteiger partial charge on any atom is 0.224 e. The van der Waals surface area contributed by atoms with Crippen molar-refractivity contribution in [3.05, 3.63) is 65.7 Å². The summed E-state index contributed by atoms with van der Waals surface area (Å²) in [5, 5.41) is 0. The lowest BCUT2D eigenvalue weighted by Gasteiger charge is -2.37. The van der Waals surface area contributed by atoms with Gasteiger partial charge in [0.2, 0.25) is 5.91 Å². The zero-order valence-electron chi connectivity index (χ0n) is 15.9. The van der Waals surface area contributed by atoms with Gasteiger partial charge in [-0.1, -0.05) is 75.2 Å². The van der Waals surface area contributed by atoms with Crippen molar-refractivity contribution < 1.29 is 4.79 Å². The quantitative estimate of drug-likeness (QED) is 0.739. The van der Waals surface area contributed by atoms with Crippen molar-refractivity contribution in [3.8, 4) is 0 Å². The molecular weight excluding hydrogens is 320 g/mol. The van der Waals surface area contributed by atoms with Crippen molar-refractivity contribution in [2.75, 3.05) is 11.4 Å². The summed E-state index contributed by atoms with van der Waals surface area (Å²) in [6, 6.07) is 19.1. The molecule has 0 bridgehead atoms. The van der Waals surface area contributed by atoms with Gasteiger partial charge < -0.3 is 10.6 Å². The molecule has 3 rings (SSSR count). The van der Waals surface area contributed by atoms with Crippen LogP contribution in [0, 0.1) is 5.41 Å². The van der Waals surface area contributed by atoms with Crippen LogP contribution in [0.4, 0.5) is 5.69 Å². The summed E-state index contributed by atoms with van der Waals surface area (Å²) in [4.78, 5) is 15.1. The van der Waals surface area contributed by atoms with Gasteiger partial charge in [-0.15, -0.1) is 0 Å². The van der Waals surface area contributed by atoms with Crippen molar-refractivity contribution in [1.29, 1.82) is 0 Å². The van der Waals surface area contributed by atoms with Crippen molar-refractivity contribution in [2.24, 2.45) is 11.1 Å². The molecule has 0 saturated heterocycles. The number of fused-ring (bicyclic) bond motifs is 1. The Morgan fingerprint density at radius 1 is 1.04 bits per heavy atom. The summed E-state index contributed by atoms with van der Waals surface area (Å²) >= 11 is 0. The minimum atomic E-state index is -0.453. The molecule has 0 fully saturated rings. The molecule has 138 valence electrons. The number of rotatable bonds is 8. The van der Waals surface area contributed by atoms with Gasteiger partial charge in [0.1, 0.15) is 0 Å². The topological polar surface area (TPSA) is 46.3 Å². The number of benzene rings is 2. The molecule has 0 saturated carbocycles. The number of nitrogens with zero attached hydrogens (tertiary/aromatic N) is 1. The minimum Gasteiger partial charge on any atom is -0.369 e. The van der Waals surface area contributed by atoms with Crippen molar-refractivity contribution in [2.45, 2.75) is 52.0 Å². The third-order valence-corrected chi connectivity index (χ3v) is 5.82. The third-order valence-electron chi connectivity index (χ3n) is 5.82. The number of para-hydroxylation sites is 1. The first-order chi connectivity index (χ1) is 12.6. The van der Waals surface area contributed by atoms with Gasteiger partial charge >= 0.3 is 0 Å². The Morgan fingerprint density at radius 2 is 1.65 bits per heavy atom. The van der Waals surface area contributed by atoms with Crippen LogP contribution in [0.15, 0.2) is 54.6 Å². The van der Waals surface area contributed by atoms with E-state index >= 15 is 0 Å². The highest BCUT2D eigenvalue weighted by molar-refractivity contribution is 5.83. The number of amides is 1. The zero-order chi connectivity index (χ0) is 18.6. The molecule has 1 atom stereocenters. The highest BCUT2D eigenvalue weighted by Gasteiger charge is 2.47. The molecule has 0 aromatic heterocycles. The van der Waals surface area contributed by atoms with Crippen LogP contribution in [0.1, 0.15) is 56.6 Å². The van der Waals surface area contributed by atoms with Crippen LogP contribution in [0.5, 0.6) is 0 Å². The van der Waals surface area contributed by atoms with Crippen LogP contribution in [0.2, 0.25) is 0 Å². The Bertz CT molecular complexity index is 735.